The molecule has 0 radical (unpaired) electrons. The maximum atomic E-state index is 12.0. The van der Waals surface area contributed by atoms with Crippen LogP contribution in [-0.4, -0.2) is 38.7 Å². The summed E-state index contributed by atoms with van der Waals surface area (Å²) in [6.07, 6.45) is 1.56. The topological polar surface area (TPSA) is 73.8 Å². The van der Waals surface area contributed by atoms with Gasteiger partial charge < -0.3 is 10.2 Å². The van der Waals surface area contributed by atoms with Crippen LogP contribution in [0.2, 0.25) is 0 Å². The third-order valence-corrected chi connectivity index (χ3v) is 3.61. The SMILES string of the molecule is Cc1ccccc1C(=O)NCC(=O)N/N=C/c1ccc(N(C)C)cc1. The average molecular weight is 338 g/mol. The molecule has 6 nitrogen and oxygen atoms in total. The molecule has 0 saturated carbocycles. The molecule has 2 aromatic carbocycles. The minimum Gasteiger partial charge on any atom is -0.378 e. The third-order valence-electron chi connectivity index (χ3n) is 3.61. The van der Waals surface area contributed by atoms with Crippen LogP contribution in [0.15, 0.2) is 53.6 Å². The van der Waals surface area contributed by atoms with E-state index in [-0.39, 0.29) is 18.4 Å². The lowest BCUT2D eigenvalue weighted by molar-refractivity contribution is -0.120. The molecular formula is C19H22N4O2. The van der Waals surface area contributed by atoms with Crippen molar-refractivity contribution in [3.05, 3.63) is 65.2 Å². The zero-order valence-electron chi connectivity index (χ0n) is 14.6. The lowest BCUT2D eigenvalue weighted by Crippen LogP contribution is -2.35. The molecule has 6 heteroatoms. The van der Waals surface area contributed by atoms with Crippen LogP contribution in [0.3, 0.4) is 0 Å². The average Bonchev–Trinajstić information content (AvgIpc) is 2.60. The molecular weight excluding hydrogens is 316 g/mol. The quantitative estimate of drug-likeness (QED) is 0.624. The largest absolute Gasteiger partial charge is 0.378 e. The number of rotatable bonds is 6. The molecule has 0 aliphatic carbocycles. The van der Waals surface area contributed by atoms with Crippen molar-refractivity contribution in [2.75, 3.05) is 25.5 Å². The molecule has 0 atom stereocenters. The number of amides is 2. The van der Waals surface area contributed by atoms with E-state index in [0.29, 0.717) is 5.56 Å². The highest BCUT2D eigenvalue weighted by Crippen LogP contribution is 2.10. The molecule has 0 aromatic heterocycles. The van der Waals surface area contributed by atoms with E-state index in [2.05, 4.69) is 15.8 Å². The van der Waals surface area contributed by atoms with E-state index < -0.39 is 0 Å². The molecule has 0 aliphatic rings. The lowest BCUT2D eigenvalue weighted by atomic mass is 10.1. The molecule has 2 aromatic rings. The van der Waals surface area contributed by atoms with Gasteiger partial charge in [0.15, 0.2) is 0 Å². The number of hydrogen-bond acceptors (Lipinski definition) is 4. The fraction of sp³-hybridized carbons (Fsp3) is 0.211. The lowest BCUT2D eigenvalue weighted by Gasteiger charge is -2.11. The van der Waals surface area contributed by atoms with Gasteiger partial charge in [-0.2, -0.15) is 5.10 Å². The van der Waals surface area contributed by atoms with Gasteiger partial charge in [-0.15, -0.1) is 0 Å². The Hall–Kier alpha value is -3.15. The van der Waals surface area contributed by atoms with Crippen LogP contribution >= 0.6 is 0 Å². The highest BCUT2D eigenvalue weighted by molar-refractivity contribution is 5.97. The first-order valence-electron chi connectivity index (χ1n) is 7.90. The standard InChI is InChI=1S/C19H22N4O2/c1-14-6-4-5-7-17(14)19(25)20-13-18(24)22-21-12-15-8-10-16(11-9-15)23(2)3/h4-12H,13H2,1-3H3,(H,20,25)(H,22,24)/b21-12+. The molecule has 0 fully saturated rings. The number of hydrogen-bond donors (Lipinski definition) is 2. The molecule has 0 spiro atoms. The highest BCUT2D eigenvalue weighted by Gasteiger charge is 2.09. The van der Waals surface area contributed by atoms with Crippen LogP contribution in [0.1, 0.15) is 21.5 Å². The third kappa shape index (κ3) is 5.46. The van der Waals surface area contributed by atoms with Crippen LogP contribution < -0.4 is 15.6 Å². The second kappa shape index (κ2) is 8.63. The first-order valence-corrected chi connectivity index (χ1v) is 7.90. The second-order valence-electron chi connectivity index (χ2n) is 5.78. The first-order chi connectivity index (χ1) is 12.0. The molecule has 0 aliphatic heterocycles. The van der Waals surface area contributed by atoms with Gasteiger partial charge in [0.2, 0.25) is 0 Å². The Morgan fingerprint density at radius 1 is 1.08 bits per heavy atom. The van der Waals surface area contributed by atoms with Gasteiger partial charge in [0.25, 0.3) is 11.8 Å². The maximum absolute atomic E-state index is 12.0. The van der Waals surface area contributed by atoms with Crippen molar-refractivity contribution in [1.29, 1.82) is 0 Å². The molecule has 0 saturated heterocycles. The number of nitrogens with one attached hydrogen (secondary N) is 2. The van der Waals surface area contributed by atoms with E-state index in [0.717, 1.165) is 16.8 Å². The number of nitrogens with zero attached hydrogens (tertiary/aromatic N) is 2. The van der Waals surface area contributed by atoms with Crippen molar-refractivity contribution < 1.29 is 9.59 Å². The summed E-state index contributed by atoms with van der Waals surface area (Å²) in [6.45, 7) is 1.71. The Labute approximate surface area is 147 Å². The van der Waals surface area contributed by atoms with Crippen molar-refractivity contribution in [2.24, 2.45) is 5.10 Å². The summed E-state index contributed by atoms with van der Waals surface area (Å²) >= 11 is 0. The van der Waals surface area contributed by atoms with Crippen LogP contribution in [0.4, 0.5) is 5.69 Å². The van der Waals surface area contributed by atoms with E-state index in [4.69, 9.17) is 0 Å². The van der Waals surface area contributed by atoms with Gasteiger partial charge in [0, 0.05) is 25.3 Å². The van der Waals surface area contributed by atoms with E-state index in [1.807, 2.05) is 62.3 Å². The monoisotopic (exact) mass is 338 g/mol. The number of anilines is 1. The van der Waals surface area contributed by atoms with E-state index in [1.165, 1.54) is 0 Å². The minimum atomic E-state index is -0.386. The second-order valence-corrected chi connectivity index (χ2v) is 5.78. The number of carbonyl (C=O) groups excluding carboxylic acids is 2. The van der Waals surface area contributed by atoms with Crippen molar-refractivity contribution in [3.8, 4) is 0 Å². The van der Waals surface area contributed by atoms with Gasteiger partial charge >= 0.3 is 0 Å². The van der Waals surface area contributed by atoms with E-state index in [1.54, 1.807) is 18.3 Å². The fourth-order valence-corrected chi connectivity index (χ4v) is 2.16. The van der Waals surface area contributed by atoms with E-state index >= 15 is 0 Å². The molecule has 0 unspecified atom stereocenters. The predicted molar refractivity (Wildman–Crippen MR) is 100 cm³/mol. The van der Waals surface area contributed by atoms with Gasteiger partial charge in [-0.05, 0) is 36.2 Å². The molecule has 0 heterocycles. The van der Waals surface area contributed by atoms with Crippen LogP contribution in [0.5, 0.6) is 0 Å². The zero-order chi connectivity index (χ0) is 18.2. The predicted octanol–water partition coefficient (Wildman–Crippen LogP) is 1.94. The number of aryl methyl sites for hydroxylation is 1. The van der Waals surface area contributed by atoms with E-state index in [9.17, 15) is 9.59 Å². The number of benzene rings is 2. The van der Waals surface area contributed by atoms with Crippen molar-refractivity contribution in [3.63, 3.8) is 0 Å². The molecule has 0 bridgehead atoms. The van der Waals surface area contributed by atoms with Gasteiger partial charge in [0.05, 0.1) is 12.8 Å². The van der Waals surface area contributed by atoms with Gasteiger partial charge in [-0.25, -0.2) is 5.43 Å². The molecule has 2 N–H and O–H groups in total. The van der Waals surface area contributed by atoms with Gasteiger partial charge in [-0.1, -0.05) is 30.3 Å². The maximum Gasteiger partial charge on any atom is 0.259 e. The van der Waals surface area contributed by atoms with Gasteiger partial charge in [0.1, 0.15) is 0 Å². The summed E-state index contributed by atoms with van der Waals surface area (Å²) in [6, 6.07) is 15.0. The summed E-state index contributed by atoms with van der Waals surface area (Å²) in [5, 5.41) is 6.47. The molecule has 2 amide bonds. The van der Waals surface area contributed by atoms with Crippen LogP contribution in [0.25, 0.3) is 0 Å². The summed E-state index contributed by atoms with van der Waals surface area (Å²) in [5.74, 6) is -0.667. The summed E-state index contributed by atoms with van der Waals surface area (Å²) in [4.78, 5) is 25.8. The number of carbonyl (C=O) groups is 2. The van der Waals surface area contributed by atoms with Crippen molar-refractivity contribution in [2.45, 2.75) is 6.92 Å². The highest BCUT2D eigenvalue weighted by atomic mass is 16.2. The Balaban J connectivity index is 1.80. The van der Waals surface area contributed by atoms with Crippen LogP contribution in [0, 0.1) is 6.92 Å². The number of hydrazone groups is 1. The normalized spacial score (nSPS) is 10.5. The molecule has 130 valence electrons. The zero-order valence-corrected chi connectivity index (χ0v) is 14.6. The molecule has 25 heavy (non-hydrogen) atoms. The summed E-state index contributed by atoms with van der Waals surface area (Å²) in [7, 11) is 3.93. The summed E-state index contributed by atoms with van der Waals surface area (Å²) < 4.78 is 0. The summed E-state index contributed by atoms with van der Waals surface area (Å²) in [5.41, 5.74) is 5.77. The van der Waals surface area contributed by atoms with Crippen molar-refractivity contribution in [1.82, 2.24) is 10.7 Å². The van der Waals surface area contributed by atoms with Crippen LogP contribution in [-0.2, 0) is 4.79 Å². The Kier molecular flexibility index (Phi) is 6.28. The minimum absolute atomic E-state index is 0.135. The fourth-order valence-electron chi connectivity index (χ4n) is 2.16. The van der Waals surface area contributed by atoms with Gasteiger partial charge in [-0.3, -0.25) is 9.59 Å². The first kappa shape index (κ1) is 18.2. The molecule has 2 rings (SSSR count). The Morgan fingerprint density at radius 2 is 1.76 bits per heavy atom. The van der Waals surface area contributed by atoms with Crippen molar-refractivity contribution >= 4 is 23.7 Å². The Morgan fingerprint density at radius 3 is 2.40 bits per heavy atom. The Bertz CT molecular complexity index is 767. The smallest absolute Gasteiger partial charge is 0.259 e.